The summed E-state index contributed by atoms with van der Waals surface area (Å²) in [6.07, 6.45) is 2.46. The molecule has 27 heavy (non-hydrogen) atoms. The first kappa shape index (κ1) is 19.2. The van der Waals surface area contributed by atoms with Crippen molar-refractivity contribution in [2.75, 3.05) is 38.0 Å². The van der Waals surface area contributed by atoms with Crippen LogP contribution in [0.1, 0.15) is 22.8 Å². The van der Waals surface area contributed by atoms with E-state index in [1.54, 1.807) is 29.0 Å². The molecule has 0 spiro atoms. The second-order valence-electron chi connectivity index (χ2n) is 6.53. The molecule has 2 aromatic rings. The van der Waals surface area contributed by atoms with Crippen molar-refractivity contribution in [2.45, 2.75) is 13.3 Å². The highest BCUT2D eigenvalue weighted by Crippen LogP contribution is 2.12. The van der Waals surface area contributed by atoms with Gasteiger partial charge in [-0.15, -0.1) is 0 Å². The van der Waals surface area contributed by atoms with E-state index in [0.29, 0.717) is 31.7 Å². The maximum atomic E-state index is 12.6. The van der Waals surface area contributed by atoms with Crippen LogP contribution in [0.2, 0.25) is 5.02 Å². The molecule has 0 bridgehead atoms. The molecule has 7 heteroatoms. The summed E-state index contributed by atoms with van der Waals surface area (Å²) in [5.41, 5.74) is 1.76. The minimum atomic E-state index is -0.0431. The minimum Gasteiger partial charge on any atom is -0.370 e. The molecule has 6 nitrogen and oxygen atoms in total. The zero-order valence-electron chi connectivity index (χ0n) is 15.3. The van der Waals surface area contributed by atoms with Crippen LogP contribution in [0.25, 0.3) is 0 Å². The number of anilines is 1. The van der Waals surface area contributed by atoms with E-state index in [-0.39, 0.29) is 11.8 Å². The van der Waals surface area contributed by atoms with Gasteiger partial charge in [-0.1, -0.05) is 23.7 Å². The highest BCUT2D eigenvalue weighted by atomic mass is 35.5. The molecule has 1 aliphatic rings. The average Bonchev–Trinajstić information content (AvgIpc) is 2.69. The van der Waals surface area contributed by atoms with E-state index in [1.807, 2.05) is 30.3 Å². The van der Waals surface area contributed by atoms with Crippen molar-refractivity contribution < 1.29 is 9.59 Å². The van der Waals surface area contributed by atoms with Crippen LogP contribution in [0.4, 0.5) is 5.82 Å². The number of piperazine rings is 1. The number of carbonyl (C=O) groups is 2. The lowest BCUT2D eigenvalue weighted by Crippen LogP contribution is -2.50. The second kappa shape index (κ2) is 8.86. The first-order chi connectivity index (χ1) is 13.0. The van der Waals surface area contributed by atoms with Gasteiger partial charge in [-0.3, -0.25) is 9.59 Å². The summed E-state index contributed by atoms with van der Waals surface area (Å²) in [6.45, 7) is 4.58. The monoisotopic (exact) mass is 386 g/mol. The van der Waals surface area contributed by atoms with Gasteiger partial charge >= 0.3 is 0 Å². The Morgan fingerprint density at radius 2 is 1.70 bits per heavy atom. The fourth-order valence-corrected chi connectivity index (χ4v) is 3.14. The van der Waals surface area contributed by atoms with Crippen LogP contribution in [0.3, 0.4) is 0 Å². The summed E-state index contributed by atoms with van der Waals surface area (Å²) < 4.78 is 0. The molecule has 0 radical (unpaired) electrons. The summed E-state index contributed by atoms with van der Waals surface area (Å²) in [4.78, 5) is 31.8. The fourth-order valence-electron chi connectivity index (χ4n) is 3.02. The molecule has 3 rings (SSSR count). The van der Waals surface area contributed by atoms with Gasteiger partial charge < -0.3 is 15.1 Å². The van der Waals surface area contributed by atoms with Crippen molar-refractivity contribution in [1.82, 2.24) is 14.8 Å². The van der Waals surface area contributed by atoms with Gasteiger partial charge in [0.25, 0.3) is 5.91 Å². The Hall–Kier alpha value is -2.60. The molecule has 1 aromatic carbocycles. The molecular formula is C20H23ClN4O2. The highest BCUT2D eigenvalue weighted by molar-refractivity contribution is 6.30. The lowest BCUT2D eigenvalue weighted by molar-refractivity contribution is -0.130. The first-order valence-corrected chi connectivity index (χ1v) is 9.40. The van der Waals surface area contributed by atoms with Crippen LogP contribution < -0.4 is 5.32 Å². The number of rotatable bonds is 5. The van der Waals surface area contributed by atoms with Crippen molar-refractivity contribution in [2.24, 2.45) is 0 Å². The third kappa shape index (κ3) is 5.20. The van der Waals surface area contributed by atoms with E-state index in [4.69, 9.17) is 11.6 Å². The molecule has 1 aliphatic heterocycles. The van der Waals surface area contributed by atoms with Crippen molar-refractivity contribution in [3.8, 4) is 0 Å². The van der Waals surface area contributed by atoms with Gasteiger partial charge in [-0.05, 0) is 36.2 Å². The molecule has 0 unspecified atom stereocenters. The van der Waals surface area contributed by atoms with Crippen molar-refractivity contribution in [3.05, 3.63) is 58.7 Å². The zero-order valence-corrected chi connectivity index (χ0v) is 16.1. The predicted octanol–water partition coefficient (Wildman–Crippen LogP) is 2.69. The molecule has 1 aromatic heterocycles. The lowest BCUT2D eigenvalue weighted by atomic mass is 10.1. The van der Waals surface area contributed by atoms with E-state index in [0.717, 1.165) is 23.8 Å². The van der Waals surface area contributed by atoms with Gasteiger partial charge in [0.1, 0.15) is 5.82 Å². The lowest BCUT2D eigenvalue weighted by Gasteiger charge is -2.34. The molecule has 1 N–H and O–H groups in total. The van der Waals surface area contributed by atoms with Crippen LogP contribution in [-0.2, 0) is 11.2 Å². The zero-order chi connectivity index (χ0) is 19.2. The Morgan fingerprint density at radius 1 is 1.04 bits per heavy atom. The van der Waals surface area contributed by atoms with E-state index in [9.17, 15) is 9.59 Å². The third-order valence-electron chi connectivity index (χ3n) is 4.66. The summed E-state index contributed by atoms with van der Waals surface area (Å²) in [6, 6.07) is 11.4. The maximum Gasteiger partial charge on any atom is 0.255 e. The van der Waals surface area contributed by atoms with Gasteiger partial charge in [-0.2, -0.15) is 0 Å². The van der Waals surface area contributed by atoms with Gasteiger partial charge in [0.2, 0.25) is 5.91 Å². The summed E-state index contributed by atoms with van der Waals surface area (Å²) >= 11 is 5.89. The number of hydrogen-bond donors (Lipinski definition) is 1. The van der Waals surface area contributed by atoms with Crippen molar-refractivity contribution in [3.63, 3.8) is 0 Å². The molecular weight excluding hydrogens is 364 g/mol. The number of carbonyl (C=O) groups excluding carboxylic acids is 2. The van der Waals surface area contributed by atoms with Gasteiger partial charge in [0, 0.05) is 50.9 Å². The minimum absolute atomic E-state index is 0.0431. The molecule has 0 saturated carbocycles. The standard InChI is InChI=1S/C20H23ClN4O2/c1-15(26)24-10-12-25(13-11-24)20(27)17-4-7-19(23-14-17)22-9-8-16-2-5-18(21)6-3-16/h2-7,14H,8-13H2,1H3,(H,22,23). The van der Waals surface area contributed by atoms with Crippen molar-refractivity contribution >= 4 is 29.2 Å². The molecule has 2 amide bonds. The number of nitrogens with zero attached hydrogens (tertiary/aromatic N) is 3. The van der Waals surface area contributed by atoms with E-state index < -0.39 is 0 Å². The summed E-state index contributed by atoms with van der Waals surface area (Å²) in [7, 11) is 0. The predicted molar refractivity (Wildman–Crippen MR) is 106 cm³/mol. The summed E-state index contributed by atoms with van der Waals surface area (Å²) in [5.74, 6) is 0.748. The number of amides is 2. The number of benzene rings is 1. The van der Waals surface area contributed by atoms with Gasteiger partial charge in [0.05, 0.1) is 5.56 Å². The Balaban J connectivity index is 1.48. The second-order valence-corrected chi connectivity index (χ2v) is 6.97. The number of hydrogen-bond acceptors (Lipinski definition) is 4. The molecule has 2 heterocycles. The third-order valence-corrected chi connectivity index (χ3v) is 4.91. The smallest absolute Gasteiger partial charge is 0.255 e. The molecule has 1 fully saturated rings. The normalized spacial score (nSPS) is 14.1. The fraction of sp³-hybridized carbons (Fsp3) is 0.350. The topological polar surface area (TPSA) is 65.5 Å². The number of pyridine rings is 1. The van der Waals surface area contributed by atoms with Crippen LogP contribution in [-0.4, -0.2) is 59.3 Å². The number of aromatic nitrogens is 1. The van der Waals surface area contributed by atoms with E-state index in [2.05, 4.69) is 10.3 Å². The van der Waals surface area contributed by atoms with E-state index in [1.165, 1.54) is 5.56 Å². The quantitative estimate of drug-likeness (QED) is 0.858. The van der Waals surface area contributed by atoms with E-state index >= 15 is 0 Å². The largest absolute Gasteiger partial charge is 0.370 e. The number of halogens is 1. The Morgan fingerprint density at radius 3 is 2.30 bits per heavy atom. The Kier molecular flexibility index (Phi) is 6.29. The Bertz CT molecular complexity index is 785. The average molecular weight is 387 g/mol. The molecule has 0 aliphatic carbocycles. The maximum absolute atomic E-state index is 12.6. The van der Waals surface area contributed by atoms with Crippen LogP contribution >= 0.6 is 11.6 Å². The van der Waals surface area contributed by atoms with Gasteiger partial charge in [0.15, 0.2) is 0 Å². The molecule has 142 valence electrons. The molecule has 0 atom stereocenters. The Labute approximate surface area is 164 Å². The van der Waals surface area contributed by atoms with Crippen LogP contribution in [0, 0.1) is 0 Å². The van der Waals surface area contributed by atoms with Crippen LogP contribution in [0.15, 0.2) is 42.6 Å². The number of nitrogens with one attached hydrogen (secondary N) is 1. The summed E-state index contributed by atoms with van der Waals surface area (Å²) in [5, 5.41) is 3.99. The SMILES string of the molecule is CC(=O)N1CCN(C(=O)c2ccc(NCCc3ccc(Cl)cc3)nc2)CC1. The highest BCUT2D eigenvalue weighted by Gasteiger charge is 2.23. The van der Waals surface area contributed by atoms with Crippen LogP contribution in [0.5, 0.6) is 0 Å². The molecule has 1 saturated heterocycles. The first-order valence-electron chi connectivity index (χ1n) is 9.02. The van der Waals surface area contributed by atoms with Crippen molar-refractivity contribution in [1.29, 1.82) is 0 Å². The van der Waals surface area contributed by atoms with Gasteiger partial charge in [-0.25, -0.2) is 4.98 Å².